The molecule has 0 spiro atoms. The average Bonchev–Trinajstić information content (AvgIpc) is 3.59. The van der Waals surface area contributed by atoms with Crippen molar-refractivity contribution in [3.63, 3.8) is 0 Å². The number of nitrogens with zero attached hydrogens (tertiary/aromatic N) is 2. The van der Waals surface area contributed by atoms with Crippen LogP contribution in [0.3, 0.4) is 0 Å². The van der Waals surface area contributed by atoms with Crippen LogP contribution in [0, 0.1) is 0 Å². The van der Waals surface area contributed by atoms with Crippen molar-refractivity contribution in [1.82, 2.24) is 9.97 Å². The molecule has 0 N–H and O–H groups in total. The molecule has 0 fully saturated rings. The number of aromatic nitrogens is 2. The van der Waals surface area contributed by atoms with Crippen LogP contribution in [0.5, 0.6) is 0 Å². The van der Waals surface area contributed by atoms with Gasteiger partial charge >= 0.3 is 0 Å². The molecule has 2 nitrogen and oxygen atoms in total. The molecular weight excluding hydrogens is 761 g/mol. The van der Waals surface area contributed by atoms with Gasteiger partial charge in [0.15, 0.2) is 5.82 Å². The molecule has 0 unspecified atom stereocenters. The summed E-state index contributed by atoms with van der Waals surface area (Å²) in [5, 5.41) is 7.52. The van der Waals surface area contributed by atoms with E-state index >= 15 is 0 Å². The largest absolute Gasteiger partial charge is 0.228 e. The predicted molar refractivity (Wildman–Crippen MR) is 265 cm³/mol. The van der Waals surface area contributed by atoms with Gasteiger partial charge < -0.3 is 0 Å². The van der Waals surface area contributed by atoms with Crippen molar-refractivity contribution in [2.75, 3.05) is 0 Å². The van der Waals surface area contributed by atoms with E-state index in [0.29, 0.717) is 5.82 Å². The van der Waals surface area contributed by atoms with Crippen LogP contribution in [0.4, 0.5) is 0 Å². The van der Waals surface area contributed by atoms with Gasteiger partial charge in [-0.3, -0.25) is 0 Å². The Kier molecular flexibility index (Phi) is 8.55. The number of hydrogen-bond donors (Lipinski definition) is 0. The zero-order valence-electron chi connectivity index (χ0n) is 35.2. The molecule has 10 aromatic carbocycles. The summed E-state index contributed by atoms with van der Waals surface area (Å²) in [7, 11) is 0. The average molecular weight is 803 g/mol. The second-order valence-corrected chi connectivity index (χ2v) is 17.3. The van der Waals surface area contributed by atoms with E-state index < -0.39 is 0 Å². The lowest BCUT2D eigenvalue weighted by Crippen LogP contribution is -2.16. The molecule has 1 aliphatic carbocycles. The minimum absolute atomic E-state index is 0.164. The van der Waals surface area contributed by atoms with Gasteiger partial charge in [-0.15, -0.1) is 0 Å². The molecule has 12 rings (SSSR count). The molecule has 2 heteroatoms. The highest BCUT2D eigenvalue weighted by atomic mass is 14.9. The van der Waals surface area contributed by atoms with Crippen molar-refractivity contribution in [3.8, 4) is 78.4 Å². The standard InChI is InChI=1S/C61H42N2/c1-61(2)55-26-13-12-22-49(55)53-25-14-24-52(59(53)61)48-21-10-11-23-50(48)57-38-56(62-60(63-57)44-33-27-40(28-34-44)39-15-4-3-5-16-39)42-29-31-43(32-30-42)58-47-20-9-7-18-45(47)37-54-46-19-8-6-17-41(46)35-36-51(54)58/h3-38H,1-2H3. The third kappa shape index (κ3) is 6.09. The highest BCUT2D eigenvalue weighted by molar-refractivity contribution is 6.20. The van der Waals surface area contributed by atoms with Crippen LogP contribution in [-0.2, 0) is 5.41 Å². The van der Waals surface area contributed by atoms with Gasteiger partial charge in [-0.2, -0.15) is 0 Å². The molecule has 296 valence electrons. The Hall–Kier alpha value is -7.94. The summed E-state index contributed by atoms with van der Waals surface area (Å²) in [4.78, 5) is 10.7. The fraction of sp³-hybridized carbons (Fsp3) is 0.0492. The van der Waals surface area contributed by atoms with Crippen molar-refractivity contribution in [3.05, 3.63) is 230 Å². The Bertz CT molecular complexity index is 3560. The maximum absolute atomic E-state index is 5.40. The van der Waals surface area contributed by atoms with Crippen LogP contribution in [0.1, 0.15) is 25.0 Å². The van der Waals surface area contributed by atoms with E-state index in [0.717, 1.165) is 39.2 Å². The molecule has 63 heavy (non-hydrogen) atoms. The maximum atomic E-state index is 5.40. The van der Waals surface area contributed by atoms with Gasteiger partial charge in [-0.05, 0) is 100 Å². The monoisotopic (exact) mass is 802 g/mol. The minimum Gasteiger partial charge on any atom is -0.228 e. The molecule has 1 aliphatic rings. The molecule has 0 saturated carbocycles. The van der Waals surface area contributed by atoms with Gasteiger partial charge in [0.1, 0.15) is 0 Å². The summed E-state index contributed by atoms with van der Waals surface area (Å²) in [6, 6.07) is 79.1. The number of fused-ring (bicyclic) bond motifs is 7. The van der Waals surface area contributed by atoms with Crippen molar-refractivity contribution in [2.24, 2.45) is 0 Å². The second-order valence-electron chi connectivity index (χ2n) is 17.3. The van der Waals surface area contributed by atoms with E-state index in [4.69, 9.17) is 9.97 Å². The highest BCUT2D eigenvalue weighted by Crippen LogP contribution is 2.53. The fourth-order valence-electron chi connectivity index (χ4n) is 10.3. The van der Waals surface area contributed by atoms with Crippen LogP contribution < -0.4 is 0 Å². The molecule has 11 aromatic rings. The number of rotatable bonds is 6. The van der Waals surface area contributed by atoms with Crippen molar-refractivity contribution in [1.29, 1.82) is 0 Å². The van der Waals surface area contributed by atoms with E-state index in [-0.39, 0.29) is 5.41 Å². The molecule has 0 amide bonds. The smallest absolute Gasteiger partial charge is 0.160 e. The SMILES string of the molecule is CC1(C)c2ccccc2-c2cccc(-c3ccccc3-c3cc(-c4ccc(-c5c6ccccc6cc6c5ccc5ccccc56)cc4)nc(-c4ccc(-c5ccccc5)cc4)n3)c21. The Morgan fingerprint density at radius 1 is 0.317 bits per heavy atom. The molecule has 0 aliphatic heterocycles. The van der Waals surface area contributed by atoms with Crippen LogP contribution in [-0.4, -0.2) is 9.97 Å². The molecular formula is C61H42N2. The number of benzene rings is 10. The lowest BCUT2D eigenvalue weighted by Gasteiger charge is -2.25. The number of hydrogen-bond acceptors (Lipinski definition) is 2. The summed E-state index contributed by atoms with van der Waals surface area (Å²) in [5.74, 6) is 0.693. The van der Waals surface area contributed by atoms with Crippen molar-refractivity contribution < 1.29 is 0 Å². The zero-order valence-corrected chi connectivity index (χ0v) is 35.2. The van der Waals surface area contributed by atoms with Gasteiger partial charge in [0, 0.05) is 22.1 Å². The third-order valence-corrected chi connectivity index (χ3v) is 13.3. The van der Waals surface area contributed by atoms with Crippen molar-refractivity contribution >= 4 is 32.3 Å². The predicted octanol–water partition coefficient (Wildman–Crippen LogP) is 16.2. The lowest BCUT2D eigenvalue weighted by molar-refractivity contribution is 0.662. The quantitative estimate of drug-likeness (QED) is 0.124. The third-order valence-electron chi connectivity index (χ3n) is 13.3. The van der Waals surface area contributed by atoms with Crippen LogP contribution in [0.15, 0.2) is 218 Å². The van der Waals surface area contributed by atoms with Gasteiger partial charge in [0.05, 0.1) is 11.4 Å². The summed E-state index contributed by atoms with van der Waals surface area (Å²) in [6.45, 7) is 4.72. The van der Waals surface area contributed by atoms with Gasteiger partial charge in [0.2, 0.25) is 0 Å². The Labute approximate surface area is 367 Å². The van der Waals surface area contributed by atoms with Gasteiger partial charge in [-0.25, -0.2) is 9.97 Å². The summed E-state index contributed by atoms with van der Waals surface area (Å²) >= 11 is 0. The van der Waals surface area contributed by atoms with E-state index in [2.05, 4.69) is 232 Å². The van der Waals surface area contributed by atoms with Crippen LogP contribution in [0.25, 0.3) is 111 Å². The van der Waals surface area contributed by atoms with Crippen molar-refractivity contribution in [2.45, 2.75) is 19.3 Å². The van der Waals surface area contributed by atoms with Crippen LogP contribution >= 0.6 is 0 Å². The highest BCUT2D eigenvalue weighted by Gasteiger charge is 2.37. The van der Waals surface area contributed by atoms with Gasteiger partial charge in [0.25, 0.3) is 0 Å². The topological polar surface area (TPSA) is 25.8 Å². The van der Waals surface area contributed by atoms with E-state index in [1.54, 1.807) is 0 Å². The first kappa shape index (κ1) is 36.9. The van der Waals surface area contributed by atoms with E-state index in [9.17, 15) is 0 Å². The summed E-state index contributed by atoms with van der Waals surface area (Å²) < 4.78 is 0. The Morgan fingerprint density at radius 2 is 0.873 bits per heavy atom. The van der Waals surface area contributed by atoms with E-state index in [1.165, 1.54) is 76.8 Å². The molecule has 0 bridgehead atoms. The Morgan fingerprint density at radius 3 is 1.67 bits per heavy atom. The lowest BCUT2D eigenvalue weighted by atomic mass is 9.78. The molecule has 1 heterocycles. The molecule has 1 aromatic heterocycles. The summed E-state index contributed by atoms with van der Waals surface area (Å²) in [6.07, 6.45) is 0. The second kappa shape index (κ2) is 14.6. The first-order valence-electron chi connectivity index (χ1n) is 21.8. The van der Waals surface area contributed by atoms with Gasteiger partial charge in [-0.1, -0.05) is 220 Å². The fourth-order valence-corrected chi connectivity index (χ4v) is 10.3. The first-order chi connectivity index (χ1) is 31.0. The normalized spacial score (nSPS) is 12.7. The zero-order chi connectivity index (χ0) is 42.1. The molecule has 0 saturated heterocycles. The maximum Gasteiger partial charge on any atom is 0.160 e. The Balaban J connectivity index is 1.02. The minimum atomic E-state index is -0.164. The van der Waals surface area contributed by atoms with Crippen LogP contribution in [0.2, 0.25) is 0 Å². The molecule has 0 radical (unpaired) electrons. The first-order valence-corrected chi connectivity index (χ1v) is 21.8. The summed E-state index contributed by atoms with van der Waals surface area (Å²) in [5.41, 5.74) is 17.2. The van der Waals surface area contributed by atoms with E-state index in [1.807, 2.05) is 0 Å². The molecule has 0 atom stereocenters.